The second-order valence-corrected chi connectivity index (χ2v) is 27.2. The van der Waals surface area contributed by atoms with Crippen LogP contribution in [0.2, 0.25) is 0 Å². The molecule has 592 valence electrons. The van der Waals surface area contributed by atoms with E-state index in [1.54, 1.807) is 243 Å². The molecule has 0 aliphatic carbocycles. The van der Waals surface area contributed by atoms with E-state index in [1.165, 1.54) is 0 Å². The molecule has 0 saturated heterocycles. The first-order chi connectivity index (χ1) is 54.6. The molecule has 0 heterocycles. The summed E-state index contributed by atoms with van der Waals surface area (Å²) in [7, 11) is 0. The molecule has 0 fully saturated rings. The van der Waals surface area contributed by atoms with E-state index in [4.69, 9.17) is 50.3 Å². The van der Waals surface area contributed by atoms with Gasteiger partial charge in [0.15, 0.2) is 23.8 Å². The number of nitrogens with two attached hydrogens (primary N) is 5. The first kappa shape index (κ1) is 85.2. The smallest absolute Gasteiger partial charge is 0.327 e. The topological polar surface area (TPSA) is 515 Å². The molecular formula is C84H102N20O9. The van der Waals surface area contributed by atoms with Gasteiger partial charge in [0.1, 0.15) is 42.3 Å². The highest BCUT2D eigenvalue weighted by Crippen LogP contribution is 2.35. The van der Waals surface area contributed by atoms with Crippen LogP contribution in [0.25, 0.3) is 0 Å². The van der Waals surface area contributed by atoms with Crippen LogP contribution in [0.15, 0.2) is 243 Å². The van der Waals surface area contributed by atoms with Crippen LogP contribution in [0.1, 0.15) is 120 Å². The van der Waals surface area contributed by atoms with Gasteiger partial charge in [0.05, 0.1) is 6.04 Å². The van der Waals surface area contributed by atoms with E-state index in [0.29, 0.717) is 50.9 Å². The highest BCUT2D eigenvalue weighted by Gasteiger charge is 2.44. The number of rotatable bonds is 43. The number of aliphatic carboxylic acids is 1. The number of benzene rings is 8. The summed E-state index contributed by atoms with van der Waals surface area (Å²) < 4.78 is 0. The Kier molecular flexibility index (Phi) is 33.4. The first-order valence-corrected chi connectivity index (χ1v) is 37.4. The number of carboxylic acids is 1. The molecule has 8 aromatic rings. The number of nitrogens with one attached hydrogen (secondary N) is 15. The van der Waals surface area contributed by atoms with Crippen LogP contribution in [-0.4, -0.2) is 151 Å². The molecule has 29 nitrogen and oxygen atoms in total. The summed E-state index contributed by atoms with van der Waals surface area (Å²) >= 11 is 0. The zero-order chi connectivity index (χ0) is 81.0. The van der Waals surface area contributed by atoms with E-state index >= 15 is 24.0 Å². The number of hydrogen-bond donors (Lipinski definition) is 21. The van der Waals surface area contributed by atoms with Gasteiger partial charge in [-0.1, -0.05) is 243 Å². The second-order valence-electron chi connectivity index (χ2n) is 27.2. The molecule has 8 rings (SSSR count). The van der Waals surface area contributed by atoms with Crippen molar-refractivity contribution >= 4 is 71.2 Å². The van der Waals surface area contributed by atoms with Gasteiger partial charge in [0.25, 0.3) is 0 Å². The van der Waals surface area contributed by atoms with E-state index in [-0.39, 0.29) is 95.0 Å². The first-order valence-electron chi connectivity index (χ1n) is 37.4. The Bertz CT molecular complexity index is 4260. The number of hydrogen-bond acceptors (Lipinski definition) is 13. The van der Waals surface area contributed by atoms with E-state index in [1.807, 2.05) is 0 Å². The minimum atomic E-state index is -1.71. The Morgan fingerprint density at radius 1 is 0.265 bits per heavy atom. The third-order valence-electron chi connectivity index (χ3n) is 19.1. The SMILES string of the molecule is N=C(N)NCCC[C@H](NC(=O)[C@H](CCCNC(=N)N)NC(=O)[C@@H](N)CCCNC(=N)N)C(=O)N[C@@H](CCCNC(=N)N)C(=O)N[C@H](C(=O)N[C@H](C(=O)N[C@H](C(=O)N[C@H](C(=O)O)C(c1ccccc1)c1ccccc1)C(c1ccccc1)c1ccccc1)C(c1ccccc1)c1ccccc1)C(c1ccccc1)c1ccccc1. The summed E-state index contributed by atoms with van der Waals surface area (Å²) in [5, 5.41) is 73.6. The highest BCUT2D eigenvalue weighted by atomic mass is 16.4. The molecule has 0 saturated carbocycles. The van der Waals surface area contributed by atoms with Gasteiger partial charge >= 0.3 is 5.97 Å². The molecule has 8 atom stereocenters. The molecule has 0 spiro atoms. The zero-order valence-electron chi connectivity index (χ0n) is 62.6. The van der Waals surface area contributed by atoms with Gasteiger partial charge in [0, 0.05) is 49.9 Å². The molecule has 0 aliphatic rings. The number of carboxylic acid groups (broad SMARTS) is 1. The van der Waals surface area contributed by atoms with Crippen molar-refractivity contribution in [1.82, 2.24) is 58.5 Å². The lowest BCUT2D eigenvalue weighted by molar-refractivity contribution is -0.143. The molecular weight excluding hydrogens is 1430 g/mol. The minimum Gasteiger partial charge on any atom is -0.480 e. The maximum atomic E-state index is 16.8. The van der Waals surface area contributed by atoms with Gasteiger partial charge in [-0.15, -0.1) is 0 Å². The minimum absolute atomic E-state index is 0.0187. The van der Waals surface area contributed by atoms with E-state index in [9.17, 15) is 19.5 Å². The van der Waals surface area contributed by atoms with Crippen molar-refractivity contribution in [2.45, 2.75) is 123 Å². The molecule has 29 heteroatoms. The lowest BCUT2D eigenvalue weighted by Crippen LogP contribution is -2.62. The van der Waals surface area contributed by atoms with Crippen molar-refractivity contribution in [3.63, 3.8) is 0 Å². The van der Waals surface area contributed by atoms with Crippen molar-refractivity contribution < 1.29 is 43.5 Å². The quantitative estimate of drug-likeness (QED) is 0.0145. The number of carbonyl (C=O) groups is 8. The van der Waals surface area contributed by atoms with Crippen LogP contribution < -0.4 is 87.2 Å². The molecule has 0 aliphatic heterocycles. The van der Waals surface area contributed by atoms with E-state index < -0.39 is 119 Å². The largest absolute Gasteiger partial charge is 0.480 e. The summed E-state index contributed by atoms with van der Waals surface area (Å²) in [6, 6.07) is 58.9. The molecule has 0 unspecified atom stereocenters. The number of amides is 7. The monoisotopic (exact) mass is 1530 g/mol. The Balaban J connectivity index is 1.25. The molecule has 7 amide bonds. The molecule has 8 aromatic carbocycles. The summed E-state index contributed by atoms with van der Waals surface area (Å²) in [5.74, 6) is -13.0. The fourth-order valence-corrected chi connectivity index (χ4v) is 13.7. The molecule has 26 N–H and O–H groups in total. The van der Waals surface area contributed by atoms with Crippen molar-refractivity contribution in [2.24, 2.45) is 28.7 Å². The zero-order valence-corrected chi connectivity index (χ0v) is 62.6. The van der Waals surface area contributed by atoms with Crippen LogP contribution in [0.3, 0.4) is 0 Å². The summed E-state index contributed by atoms with van der Waals surface area (Å²) in [4.78, 5) is 123. The van der Waals surface area contributed by atoms with Gasteiger partial charge < -0.3 is 92.3 Å². The van der Waals surface area contributed by atoms with Gasteiger partial charge in [0.2, 0.25) is 41.4 Å². The maximum Gasteiger partial charge on any atom is 0.327 e. The molecule has 0 bridgehead atoms. The fraction of sp³-hybridized carbons (Fsp3) is 0.286. The third-order valence-corrected chi connectivity index (χ3v) is 19.1. The summed E-state index contributed by atoms with van der Waals surface area (Å²) in [5.41, 5.74) is 33.1. The van der Waals surface area contributed by atoms with Gasteiger partial charge in [-0.25, -0.2) is 4.79 Å². The average Bonchev–Trinajstić information content (AvgIpc) is 0.784. The van der Waals surface area contributed by atoms with Crippen LogP contribution in [0.5, 0.6) is 0 Å². The molecule has 113 heavy (non-hydrogen) atoms. The second kappa shape index (κ2) is 44.3. The van der Waals surface area contributed by atoms with Gasteiger partial charge in [-0.3, -0.25) is 55.2 Å². The Hall–Kier alpha value is -13.4. The predicted octanol–water partition coefficient (Wildman–Crippen LogP) is 4.17. The van der Waals surface area contributed by atoms with Crippen molar-refractivity contribution in [3.8, 4) is 0 Å². The van der Waals surface area contributed by atoms with E-state index in [0.717, 1.165) is 0 Å². The lowest BCUT2D eigenvalue weighted by Gasteiger charge is -2.35. The molecule has 0 radical (unpaired) electrons. The average molecular weight is 1540 g/mol. The Labute approximate surface area is 657 Å². The lowest BCUT2D eigenvalue weighted by atomic mass is 9.81. The van der Waals surface area contributed by atoms with Crippen LogP contribution in [-0.2, 0) is 38.4 Å². The van der Waals surface area contributed by atoms with Crippen molar-refractivity contribution in [3.05, 3.63) is 287 Å². The van der Waals surface area contributed by atoms with Crippen LogP contribution >= 0.6 is 0 Å². The van der Waals surface area contributed by atoms with Crippen molar-refractivity contribution in [1.29, 1.82) is 21.6 Å². The van der Waals surface area contributed by atoms with Crippen LogP contribution in [0, 0.1) is 21.6 Å². The van der Waals surface area contributed by atoms with Crippen molar-refractivity contribution in [2.75, 3.05) is 26.2 Å². The maximum absolute atomic E-state index is 16.8. The number of carbonyl (C=O) groups excluding carboxylic acids is 7. The van der Waals surface area contributed by atoms with Crippen LogP contribution in [0.4, 0.5) is 0 Å². The normalized spacial score (nSPS) is 13.2. The van der Waals surface area contributed by atoms with Gasteiger partial charge in [-0.05, 0) is 95.9 Å². The summed E-state index contributed by atoms with van der Waals surface area (Å²) in [6.45, 7) is 0.418. The third kappa shape index (κ3) is 26.4. The predicted molar refractivity (Wildman–Crippen MR) is 435 cm³/mol. The fourth-order valence-electron chi connectivity index (χ4n) is 13.7. The molecule has 0 aromatic heterocycles. The summed E-state index contributed by atoms with van der Waals surface area (Å²) in [6.07, 6.45) is 0.421. The Morgan fingerprint density at radius 2 is 0.451 bits per heavy atom. The Morgan fingerprint density at radius 3 is 0.673 bits per heavy atom. The number of guanidine groups is 4. The standard InChI is InChI=1S/C84H102N20O9/c85-61(45-25-49-94-81(86)87)73(105)98-62(46-26-50-95-82(88)89)74(106)99-63(47-27-51-96-83(90)91)75(107)100-64(48-28-52-97-84(92)93)76(108)101-69(65(53-29-9-1-10-30-53)54-31-11-2-12-32-54)77(109)102-70(66(55-33-13-3-14-34-55)56-35-15-4-16-36-56)78(110)103-71(67(57-37-17-5-18-38-57)58-39-19-6-20-40-58)79(111)104-72(80(112)113)68(59-41-21-7-22-42-59)60-43-23-8-24-44-60/h1-24,29-44,61-72H,25-28,45-52,85H2,(H,98,105)(H,99,106)(H,100,107)(H,101,108)(H,102,109)(H,103,110)(H,104,111)(H,112,113)(H4,86,87,94)(H4,88,89,95)(H4,90,91,96)(H4,92,93,97)/t61-,62-,63-,64-,69-,70-,71-,72-/m0/s1. The highest BCUT2D eigenvalue weighted by molar-refractivity contribution is 5.99. The van der Waals surface area contributed by atoms with Gasteiger partial charge in [-0.2, -0.15) is 0 Å². The van der Waals surface area contributed by atoms with E-state index in [2.05, 4.69) is 58.5 Å².